The van der Waals surface area contributed by atoms with E-state index in [9.17, 15) is 5.11 Å². The first-order valence-electron chi connectivity index (χ1n) is 7.91. The molecule has 7 nitrogen and oxygen atoms in total. The van der Waals surface area contributed by atoms with Crippen molar-refractivity contribution in [2.75, 3.05) is 19.0 Å². The van der Waals surface area contributed by atoms with Crippen LogP contribution in [-0.4, -0.2) is 44.4 Å². The van der Waals surface area contributed by atoms with Crippen LogP contribution in [0.25, 0.3) is 0 Å². The zero-order chi connectivity index (χ0) is 16.2. The number of imidazole rings is 1. The van der Waals surface area contributed by atoms with E-state index in [1.807, 2.05) is 25.5 Å². The number of methoxy groups -OCH3 is 1. The summed E-state index contributed by atoms with van der Waals surface area (Å²) in [4.78, 5) is 13.1. The maximum atomic E-state index is 9.47. The van der Waals surface area contributed by atoms with Crippen molar-refractivity contribution in [3.63, 3.8) is 0 Å². The smallest absolute Gasteiger partial charge is 0.130 e. The maximum Gasteiger partial charge on any atom is 0.130 e. The van der Waals surface area contributed by atoms with E-state index in [1.54, 1.807) is 7.11 Å². The summed E-state index contributed by atoms with van der Waals surface area (Å²) in [6.07, 6.45) is 5.06. The zero-order valence-corrected chi connectivity index (χ0v) is 13.6. The van der Waals surface area contributed by atoms with Crippen LogP contribution in [0.1, 0.15) is 36.0 Å². The Morgan fingerprint density at radius 3 is 2.96 bits per heavy atom. The van der Waals surface area contributed by atoms with Crippen LogP contribution in [0.2, 0.25) is 0 Å². The molecule has 1 fully saturated rings. The van der Waals surface area contributed by atoms with Crippen molar-refractivity contribution in [1.82, 2.24) is 19.5 Å². The van der Waals surface area contributed by atoms with Gasteiger partial charge in [-0.2, -0.15) is 0 Å². The molecular formula is C16H23N5O2. The third-order valence-electron chi connectivity index (χ3n) is 4.17. The Labute approximate surface area is 135 Å². The highest BCUT2D eigenvalue weighted by Crippen LogP contribution is 2.36. The van der Waals surface area contributed by atoms with Crippen LogP contribution in [0.5, 0.6) is 0 Å². The summed E-state index contributed by atoms with van der Waals surface area (Å²) < 4.78 is 7.17. The molecule has 0 aliphatic heterocycles. The van der Waals surface area contributed by atoms with Gasteiger partial charge in [-0.3, -0.25) is 0 Å². The molecule has 0 atom stereocenters. The van der Waals surface area contributed by atoms with Gasteiger partial charge < -0.3 is 19.7 Å². The van der Waals surface area contributed by atoms with Crippen LogP contribution in [0.15, 0.2) is 18.6 Å². The monoisotopic (exact) mass is 317 g/mol. The summed E-state index contributed by atoms with van der Waals surface area (Å²) >= 11 is 0. The lowest BCUT2D eigenvalue weighted by Gasteiger charge is -2.31. The summed E-state index contributed by atoms with van der Waals surface area (Å²) in [6.45, 7) is 3.98. The van der Waals surface area contributed by atoms with Crippen molar-refractivity contribution in [3.05, 3.63) is 35.8 Å². The number of nitrogens with zero attached hydrogens (tertiary/aromatic N) is 4. The average Bonchev–Trinajstić information content (AvgIpc) is 2.94. The highest BCUT2D eigenvalue weighted by atomic mass is 16.5. The van der Waals surface area contributed by atoms with Gasteiger partial charge in [-0.25, -0.2) is 15.0 Å². The molecule has 7 heteroatoms. The first-order chi connectivity index (χ1) is 11.2. The van der Waals surface area contributed by atoms with Gasteiger partial charge in [0.2, 0.25) is 0 Å². The number of rotatable bonds is 7. The lowest BCUT2D eigenvalue weighted by Crippen LogP contribution is -2.27. The molecule has 0 aromatic carbocycles. The molecule has 2 aromatic rings. The van der Waals surface area contributed by atoms with Crippen molar-refractivity contribution in [2.24, 2.45) is 0 Å². The topological polar surface area (TPSA) is 85.1 Å². The molecule has 2 heterocycles. The number of hydrogen-bond acceptors (Lipinski definition) is 6. The highest BCUT2D eigenvalue weighted by Gasteiger charge is 2.30. The van der Waals surface area contributed by atoms with E-state index in [2.05, 4.69) is 24.8 Å². The van der Waals surface area contributed by atoms with Crippen LogP contribution >= 0.6 is 0 Å². The first-order valence-corrected chi connectivity index (χ1v) is 7.91. The Morgan fingerprint density at radius 1 is 1.39 bits per heavy atom. The van der Waals surface area contributed by atoms with E-state index >= 15 is 0 Å². The van der Waals surface area contributed by atoms with E-state index in [4.69, 9.17) is 4.74 Å². The molecule has 0 spiro atoms. The van der Waals surface area contributed by atoms with Gasteiger partial charge in [0.05, 0.1) is 31.3 Å². The third kappa shape index (κ3) is 3.86. The standard InChI is InChI=1S/C16H23N5O2/c1-11-19-15(12-5-14(22)6-12)7-16(20-11)18-9-13-8-17-10-21(13)3-4-23-2/h7-8,10,12,14,22H,3-6,9H2,1-2H3,(H,18,19,20). The molecule has 0 saturated heterocycles. The second-order valence-corrected chi connectivity index (χ2v) is 5.97. The van der Waals surface area contributed by atoms with Crippen molar-refractivity contribution in [1.29, 1.82) is 0 Å². The summed E-state index contributed by atoms with van der Waals surface area (Å²) in [5.41, 5.74) is 2.09. The van der Waals surface area contributed by atoms with Crippen molar-refractivity contribution in [3.8, 4) is 0 Å². The van der Waals surface area contributed by atoms with E-state index in [0.29, 0.717) is 19.1 Å². The molecule has 1 saturated carbocycles. The number of aromatic nitrogens is 4. The molecule has 2 N–H and O–H groups in total. The third-order valence-corrected chi connectivity index (χ3v) is 4.17. The van der Waals surface area contributed by atoms with Gasteiger partial charge in [0.25, 0.3) is 0 Å². The zero-order valence-electron chi connectivity index (χ0n) is 13.6. The molecule has 2 aromatic heterocycles. The Bertz CT molecular complexity index is 652. The lowest BCUT2D eigenvalue weighted by molar-refractivity contribution is 0.0731. The molecule has 1 aliphatic carbocycles. The van der Waals surface area contributed by atoms with Crippen LogP contribution in [0.4, 0.5) is 5.82 Å². The Balaban J connectivity index is 1.65. The fourth-order valence-electron chi connectivity index (χ4n) is 2.79. The quantitative estimate of drug-likeness (QED) is 0.804. The van der Waals surface area contributed by atoms with E-state index in [1.165, 1.54) is 0 Å². The molecule has 0 amide bonds. The Morgan fingerprint density at radius 2 is 2.22 bits per heavy atom. The summed E-state index contributed by atoms with van der Waals surface area (Å²) in [5, 5.41) is 12.8. The van der Waals surface area contributed by atoms with Crippen LogP contribution < -0.4 is 5.32 Å². The fourth-order valence-corrected chi connectivity index (χ4v) is 2.79. The SMILES string of the molecule is COCCn1cncc1CNc1cc(C2CC(O)C2)nc(C)n1. The number of aliphatic hydroxyl groups is 1. The van der Waals surface area contributed by atoms with Crippen LogP contribution in [-0.2, 0) is 17.8 Å². The predicted molar refractivity (Wildman–Crippen MR) is 86.2 cm³/mol. The van der Waals surface area contributed by atoms with E-state index in [-0.39, 0.29) is 6.10 Å². The maximum absolute atomic E-state index is 9.47. The number of aryl methyl sites for hydroxylation is 1. The average molecular weight is 317 g/mol. The minimum Gasteiger partial charge on any atom is -0.393 e. The van der Waals surface area contributed by atoms with Gasteiger partial charge in [0.15, 0.2) is 0 Å². The number of ether oxygens (including phenoxy) is 1. The fraction of sp³-hybridized carbons (Fsp3) is 0.562. The largest absolute Gasteiger partial charge is 0.393 e. The number of hydrogen-bond donors (Lipinski definition) is 2. The molecule has 0 radical (unpaired) electrons. The molecule has 0 unspecified atom stereocenters. The second kappa shape index (κ2) is 7.06. The summed E-state index contributed by atoms with van der Waals surface area (Å²) in [6, 6.07) is 1.99. The summed E-state index contributed by atoms with van der Waals surface area (Å²) in [7, 11) is 1.69. The first kappa shape index (κ1) is 15.9. The van der Waals surface area contributed by atoms with Gasteiger partial charge in [-0.15, -0.1) is 0 Å². The molecule has 124 valence electrons. The highest BCUT2D eigenvalue weighted by molar-refractivity contribution is 5.38. The van der Waals surface area contributed by atoms with Gasteiger partial charge in [-0.05, 0) is 19.8 Å². The van der Waals surface area contributed by atoms with Crippen molar-refractivity contribution in [2.45, 2.75) is 44.9 Å². The number of aliphatic hydroxyl groups excluding tert-OH is 1. The van der Waals surface area contributed by atoms with Crippen molar-refractivity contribution >= 4 is 5.82 Å². The van der Waals surface area contributed by atoms with Gasteiger partial charge in [-0.1, -0.05) is 0 Å². The minimum atomic E-state index is -0.179. The van der Waals surface area contributed by atoms with Crippen LogP contribution in [0, 0.1) is 6.92 Å². The summed E-state index contributed by atoms with van der Waals surface area (Å²) in [5.74, 6) is 1.91. The lowest BCUT2D eigenvalue weighted by atomic mass is 9.80. The second-order valence-electron chi connectivity index (χ2n) is 5.97. The van der Waals surface area contributed by atoms with Crippen LogP contribution in [0.3, 0.4) is 0 Å². The minimum absolute atomic E-state index is 0.179. The Kier molecular flexibility index (Phi) is 4.88. The van der Waals surface area contributed by atoms with Gasteiger partial charge >= 0.3 is 0 Å². The predicted octanol–water partition coefficient (Wildman–Crippen LogP) is 1.48. The van der Waals surface area contributed by atoms with Gasteiger partial charge in [0, 0.05) is 37.5 Å². The Hall–Kier alpha value is -1.99. The van der Waals surface area contributed by atoms with E-state index in [0.717, 1.165) is 42.4 Å². The molecule has 1 aliphatic rings. The number of nitrogens with one attached hydrogen (secondary N) is 1. The van der Waals surface area contributed by atoms with E-state index < -0.39 is 0 Å². The number of anilines is 1. The molecular weight excluding hydrogens is 294 g/mol. The van der Waals surface area contributed by atoms with Crippen molar-refractivity contribution < 1.29 is 9.84 Å². The molecule has 0 bridgehead atoms. The normalized spacial score (nSPS) is 20.3. The van der Waals surface area contributed by atoms with Gasteiger partial charge in [0.1, 0.15) is 11.6 Å². The molecule has 3 rings (SSSR count). The molecule has 23 heavy (non-hydrogen) atoms.